The first kappa shape index (κ1) is 75.7. The Labute approximate surface area is 604 Å². The molecule has 9 heterocycles. The van der Waals surface area contributed by atoms with Crippen LogP contribution < -0.4 is 11.1 Å². The van der Waals surface area contributed by atoms with E-state index in [-0.39, 0.29) is 46.0 Å². The maximum absolute atomic E-state index is 13.2. The maximum Gasteiger partial charge on any atom is 0.410 e. The molecule has 0 radical (unpaired) electrons. The normalized spacial score (nSPS) is 12.1. The number of pyridine rings is 3. The first-order chi connectivity index (χ1) is 49.1. The summed E-state index contributed by atoms with van der Waals surface area (Å²) < 4.78 is 10.5. The number of benzene rings is 3. The molecular formula is C79H87Cl2N15O6. The van der Waals surface area contributed by atoms with Crippen molar-refractivity contribution in [1.82, 2.24) is 69.0 Å². The van der Waals surface area contributed by atoms with Gasteiger partial charge in [0.1, 0.15) is 15.9 Å². The number of amides is 1. The fraction of sp³-hybridized carbons (Fsp3) is 0.304. The van der Waals surface area contributed by atoms with E-state index < -0.39 is 11.6 Å². The van der Waals surface area contributed by atoms with Crippen molar-refractivity contribution in [3.63, 3.8) is 0 Å². The quantitative estimate of drug-likeness (QED) is 0.0397. The summed E-state index contributed by atoms with van der Waals surface area (Å²) in [5.74, 6) is -0.287. The van der Waals surface area contributed by atoms with E-state index in [1.54, 1.807) is 55.4 Å². The van der Waals surface area contributed by atoms with Gasteiger partial charge in [0.15, 0.2) is 28.5 Å². The molecule has 0 saturated carbocycles. The maximum atomic E-state index is 13.2. The molecule has 9 aromatic heterocycles. The van der Waals surface area contributed by atoms with Crippen molar-refractivity contribution in [3.8, 4) is 67.5 Å². The number of carboxylic acid groups (broad SMARTS) is 1. The number of aromatic nitrogens is 12. The van der Waals surface area contributed by atoms with E-state index in [9.17, 15) is 24.3 Å². The molecule has 0 saturated heterocycles. The lowest BCUT2D eigenvalue weighted by Crippen LogP contribution is -2.42. The van der Waals surface area contributed by atoms with Crippen molar-refractivity contribution in [3.05, 3.63) is 215 Å². The molecule has 0 spiro atoms. The van der Waals surface area contributed by atoms with Gasteiger partial charge in [0.05, 0.1) is 75.0 Å². The number of ketones is 2. The van der Waals surface area contributed by atoms with Gasteiger partial charge in [-0.15, -0.1) is 0 Å². The lowest BCUT2D eigenvalue weighted by molar-refractivity contribution is 0.0178. The molecule has 4 N–H and O–H groups in total. The fourth-order valence-electron chi connectivity index (χ4n) is 11.2. The summed E-state index contributed by atoms with van der Waals surface area (Å²) in [5, 5.41) is 26.0. The summed E-state index contributed by atoms with van der Waals surface area (Å²) in [5.41, 5.74) is 18.1. The van der Waals surface area contributed by atoms with Gasteiger partial charge >= 0.3 is 12.1 Å². The van der Waals surface area contributed by atoms with Crippen molar-refractivity contribution in [2.24, 2.45) is 11.7 Å². The summed E-state index contributed by atoms with van der Waals surface area (Å²) in [6.45, 7) is 22.2. The van der Waals surface area contributed by atoms with Crippen LogP contribution in [0.1, 0.15) is 145 Å². The van der Waals surface area contributed by atoms with Gasteiger partial charge in [0, 0.05) is 83.6 Å². The minimum Gasteiger partial charge on any atom is -0.478 e. The third-order valence-corrected chi connectivity index (χ3v) is 17.1. The standard InChI is InChI=1S/C29H32ClN5O3.C26H29N5O.C18H11ClN4O2.C6H15N/c1-6-34(28(37)38-29(3,4)5)19(2)12-13-25(36)21-16-24(32-26(30)17-21)22-18-31-35-15-14-23(33-27(22)35)20-10-8-7-9-11-20;1-4-21-15-20(25(32)12-11-18(3)27-5-2)16-24(29-21)22-17-28-31-14-13-23(30-26(22)31)19-9-7-6-8-10-19;19-16-9-12(18(24)25)8-15(21-16)13-10-20-23-7-6-14(22-17(13)23)11-4-2-1-3-5-11;1-3-4-6(2)5-7/h7-11,14-19H,6,12-13H2,1-5H3;6-10,13-18,27H,4-5,11-12H2,1-3H3;1-10H,(H,24,25);6H,3-5,7H2,1-2H3/t19-;18-;;6-/m00.1/s1. The number of rotatable bonds is 23. The lowest BCUT2D eigenvalue weighted by Gasteiger charge is -2.30. The average molecular weight is 1410 g/mol. The van der Waals surface area contributed by atoms with Crippen molar-refractivity contribution in [1.29, 1.82) is 0 Å². The third-order valence-electron chi connectivity index (χ3n) is 16.7. The second-order valence-electron chi connectivity index (χ2n) is 25.7. The Kier molecular flexibility index (Phi) is 26.5. The summed E-state index contributed by atoms with van der Waals surface area (Å²) in [4.78, 5) is 79.4. The van der Waals surface area contributed by atoms with Gasteiger partial charge < -0.3 is 25.8 Å². The van der Waals surface area contributed by atoms with Crippen LogP contribution in [-0.4, -0.2) is 130 Å². The zero-order valence-electron chi connectivity index (χ0n) is 59.3. The van der Waals surface area contributed by atoms with Gasteiger partial charge in [-0.3, -0.25) is 14.6 Å². The molecule has 12 rings (SSSR count). The average Bonchev–Trinajstić information content (AvgIpc) is 1.64. The SMILES string of the molecule is CCC[C@@H](C)CN.CCN(C(=O)OC(C)(C)C)[C@@H](C)CCC(=O)c1cc(Cl)nc(-c2cnn3ccc(-c4ccccc4)nc23)c1.CCN[C@@H](C)CCC(=O)c1cc(CC)nc(-c2cnn3ccc(-c4ccccc4)nc23)c1.O=C(O)c1cc(Cl)nc(-c2cnn3ccc(-c4ccccc4)nc23)c1. The Hall–Kier alpha value is -10.5. The number of aryl methyl sites for hydroxylation is 1. The van der Waals surface area contributed by atoms with Crippen LogP contribution in [0.15, 0.2) is 183 Å². The molecule has 0 unspecified atom stereocenters. The number of ether oxygens (including phenoxy) is 1. The van der Waals surface area contributed by atoms with E-state index >= 15 is 0 Å². The molecule has 102 heavy (non-hydrogen) atoms. The zero-order chi connectivity index (χ0) is 73.0. The number of halogens is 2. The van der Waals surface area contributed by atoms with Gasteiger partial charge in [0.2, 0.25) is 0 Å². The smallest absolute Gasteiger partial charge is 0.410 e. The third kappa shape index (κ3) is 20.2. The first-order valence-corrected chi connectivity index (χ1v) is 35.1. The van der Waals surface area contributed by atoms with E-state index in [0.29, 0.717) is 70.4 Å². The Balaban J connectivity index is 0.000000172. The molecule has 0 aliphatic rings. The van der Waals surface area contributed by atoms with E-state index in [4.69, 9.17) is 48.6 Å². The van der Waals surface area contributed by atoms with E-state index in [1.807, 2.05) is 168 Å². The number of hydrogen-bond donors (Lipinski definition) is 3. The molecule has 21 nitrogen and oxygen atoms in total. The predicted molar refractivity (Wildman–Crippen MR) is 403 cm³/mol. The molecule has 0 aliphatic carbocycles. The minimum atomic E-state index is -1.07. The van der Waals surface area contributed by atoms with Crippen LogP contribution in [0, 0.1) is 5.92 Å². The van der Waals surface area contributed by atoms with Crippen molar-refractivity contribution in [2.45, 2.75) is 132 Å². The van der Waals surface area contributed by atoms with Crippen LogP contribution in [0.4, 0.5) is 4.79 Å². The highest BCUT2D eigenvalue weighted by atomic mass is 35.5. The molecule has 3 aromatic carbocycles. The van der Waals surface area contributed by atoms with Crippen LogP contribution in [0.2, 0.25) is 10.3 Å². The highest BCUT2D eigenvalue weighted by Gasteiger charge is 2.26. The largest absolute Gasteiger partial charge is 0.478 e. The van der Waals surface area contributed by atoms with Gasteiger partial charge in [-0.05, 0) is 141 Å². The minimum absolute atomic E-state index is 0.0635. The summed E-state index contributed by atoms with van der Waals surface area (Å²) in [6.07, 6.45) is 15.6. The van der Waals surface area contributed by atoms with Gasteiger partial charge in [-0.25, -0.2) is 48.1 Å². The Morgan fingerprint density at radius 1 is 0.539 bits per heavy atom. The van der Waals surface area contributed by atoms with Crippen molar-refractivity contribution >= 4 is 63.8 Å². The van der Waals surface area contributed by atoms with Crippen molar-refractivity contribution in [2.75, 3.05) is 19.6 Å². The van der Waals surface area contributed by atoms with E-state index in [0.717, 1.165) is 88.2 Å². The van der Waals surface area contributed by atoms with Crippen LogP contribution in [-0.2, 0) is 11.2 Å². The topological polar surface area (TPSA) is 268 Å². The van der Waals surface area contributed by atoms with Gasteiger partial charge in [-0.1, -0.05) is 148 Å². The molecule has 0 aliphatic heterocycles. The molecule has 0 fully saturated rings. The van der Waals surface area contributed by atoms with Crippen molar-refractivity contribution < 1.29 is 29.0 Å². The van der Waals surface area contributed by atoms with Gasteiger partial charge in [-0.2, -0.15) is 15.3 Å². The van der Waals surface area contributed by atoms with Gasteiger partial charge in [0.25, 0.3) is 0 Å². The number of fused-ring (bicyclic) bond motifs is 3. The number of Topliss-reactive ketones (excluding diaryl/α,β-unsaturated/α-hetero) is 2. The van der Waals surface area contributed by atoms with Crippen LogP contribution in [0.5, 0.6) is 0 Å². The first-order valence-electron chi connectivity index (χ1n) is 34.4. The highest BCUT2D eigenvalue weighted by Crippen LogP contribution is 2.31. The second kappa shape index (κ2) is 35.7. The fourth-order valence-corrected chi connectivity index (χ4v) is 11.6. The summed E-state index contributed by atoms with van der Waals surface area (Å²) in [6, 6.07) is 45.4. The summed E-state index contributed by atoms with van der Waals surface area (Å²) in [7, 11) is 0. The molecule has 0 bridgehead atoms. The van der Waals surface area contributed by atoms with E-state index in [1.165, 1.54) is 25.0 Å². The number of carboxylic acids is 1. The van der Waals surface area contributed by atoms with E-state index in [2.05, 4.69) is 70.2 Å². The number of nitrogens with one attached hydrogen (secondary N) is 1. The number of aromatic carboxylic acids is 1. The lowest BCUT2D eigenvalue weighted by atomic mass is 10.0. The van der Waals surface area contributed by atoms with Crippen LogP contribution in [0.3, 0.4) is 0 Å². The molecule has 12 aromatic rings. The number of carbonyl (C=O) groups excluding carboxylic acids is 3. The Morgan fingerprint density at radius 2 is 0.951 bits per heavy atom. The molecule has 528 valence electrons. The monoisotopic (exact) mass is 1410 g/mol. The second-order valence-corrected chi connectivity index (χ2v) is 26.4. The summed E-state index contributed by atoms with van der Waals surface area (Å²) >= 11 is 12.3. The van der Waals surface area contributed by atoms with Crippen LogP contribution >= 0.6 is 23.2 Å². The number of carbonyl (C=O) groups is 4. The number of hydrogen-bond acceptors (Lipinski definition) is 16. The molecule has 3 atom stereocenters. The number of nitrogens with zero attached hydrogens (tertiary/aromatic N) is 13. The molecular weight excluding hydrogens is 1330 g/mol. The van der Waals surface area contributed by atoms with Crippen LogP contribution in [0.25, 0.3) is 84.5 Å². The molecule has 1 amide bonds. The zero-order valence-corrected chi connectivity index (χ0v) is 60.8. The highest BCUT2D eigenvalue weighted by molar-refractivity contribution is 6.30. The number of nitrogens with two attached hydrogens (primary N) is 1. The molecule has 23 heteroatoms. The Bertz CT molecular complexity index is 4810. The Morgan fingerprint density at radius 3 is 1.33 bits per heavy atom. The predicted octanol–water partition coefficient (Wildman–Crippen LogP) is 16.9.